The van der Waals surface area contributed by atoms with Gasteiger partial charge in [-0.05, 0) is 31.4 Å². The summed E-state index contributed by atoms with van der Waals surface area (Å²) in [5, 5.41) is 0.0797. The Labute approximate surface area is 128 Å². The molecule has 0 bridgehead atoms. The number of aromatic amines is 1. The van der Waals surface area contributed by atoms with E-state index < -0.39 is 0 Å². The highest BCUT2D eigenvalue weighted by molar-refractivity contribution is 8.14. The fourth-order valence-corrected chi connectivity index (χ4v) is 2.57. The molecule has 0 radical (unpaired) electrons. The topological polar surface area (TPSA) is 54.9 Å². The SMILES string of the molecule is C=C(C)C(=O)SCCCCCCn1ccc(=S)[nH]c1=O. The number of H-pyrrole nitrogens is 1. The predicted molar refractivity (Wildman–Crippen MR) is 86.6 cm³/mol. The molecule has 1 N–H and O–H groups in total. The van der Waals surface area contributed by atoms with Gasteiger partial charge in [-0.3, -0.25) is 9.78 Å². The molecule has 0 aliphatic rings. The second-order valence-electron chi connectivity index (χ2n) is 4.63. The van der Waals surface area contributed by atoms with E-state index in [1.54, 1.807) is 23.8 Å². The van der Waals surface area contributed by atoms with Crippen LogP contribution < -0.4 is 5.69 Å². The van der Waals surface area contributed by atoms with Crippen molar-refractivity contribution in [2.24, 2.45) is 0 Å². The van der Waals surface area contributed by atoms with Gasteiger partial charge in [-0.25, -0.2) is 4.79 Å². The quantitative estimate of drug-likeness (QED) is 0.454. The molecule has 1 aromatic heterocycles. The Morgan fingerprint density at radius 1 is 1.40 bits per heavy atom. The third kappa shape index (κ3) is 6.34. The van der Waals surface area contributed by atoms with Crippen molar-refractivity contribution in [2.75, 3.05) is 5.75 Å². The average molecular weight is 312 g/mol. The van der Waals surface area contributed by atoms with Gasteiger partial charge in [0.15, 0.2) is 0 Å². The summed E-state index contributed by atoms with van der Waals surface area (Å²) < 4.78 is 2.10. The van der Waals surface area contributed by atoms with Crippen LogP contribution in [0, 0.1) is 4.64 Å². The van der Waals surface area contributed by atoms with Crippen LogP contribution >= 0.6 is 24.0 Å². The molecule has 1 aromatic rings. The fraction of sp³-hybridized carbons (Fsp3) is 0.500. The van der Waals surface area contributed by atoms with Crippen LogP contribution in [0.3, 0.4) is 0 Å². The fourth-order valence-electron chi connectivity index (χ4n) is 1.65. The maximum absolute atomic E-state index is 11.5. The molecule has 0 aromatic carbocycles. The molecule has 1 heterocycles. The summed E-state index contributed by atoms with van der Waals surface area (Å²) in [6.07, 6.45) is 5.79. The number of nitrogens with zero attached hydrogens (tertiary/aromatic N) is 1. The predicted octanol–water partition coefficient (Wildman–Crippen LogP) is 3.30. The molecular formula is C14H20N2O2S2. The standard InChI is InChI=1S/C14H20N2O2S2/c1-11(2)13(17)20-10-6-4-3-5-8-16-9-7-12(19)15-14(16)18/h7,9H,1,3-6,8,10H2,2H3,(H,15,18,19). The van der Waals surface area contributed by atoms with E-state index in [0.29, 0.717) is 16.8 Å². The summed E-state index contributed by atoms with van der Waals surface area (Å²) in [7, 11) is 0. The van der Waals surface area contributed by atoms with Crippen LogP contribution in [0.1, 0.15) is 32.6 Å². The van der Waals surface area contributed by atoms with Gasteiger partial charge in [-0.1, -0.05) is 43.4 Å². The number of nitrogens with one attached hydrogen (secondary N) is 1. The lowest BCUT2D eigenvalue weighted by molar-refractivity contribution is -0.107. The second-order valence-corrected chi connectivity index (χ2v) is 6.14. The first kappa shape index (κ1) is 16.9. The number of carbonyl (C=O) groups excluding carboxylic acids is 1. The molecule has 0 unspecified atom stereocenters. The van der Waals surface area contributed by atoms with E-state index in [1.807, 2.05) is 0 Å². The molecular weight excluding hydrogens is 292 g/mol. The second kappa shape index (κ2) is 8.92. The molecule has 0 atom stereocenters. The monoisotopic (exact) mass is 312 g/mol. The minimum absolute atomic E-state index is 0.0797. The van der Waals surface area contributed by atoms with E-state index in [-0.39, 0.29) is 10.8 Å². The van der Waals surface area contributed by atoms with Crippen LogP contribution in [0.15, 0.2) is 29.2 Å². The first-order chi connectivity index (χ1) is 9.50. The van der Waals surface area contributed by atoms with Gasteiger partial charge in [0, 0.05) is 18.5 Å². The molecule has 110 valence electrons. The van der Waals surface area contributed by atoms with Crippen molar-refractivity contribution >= 4 is 29.1 Å². The van der Waals surface area contributed by atoms with E-state index >= 15 is 0 Å². The largest absolute Gasteiger partial charge is 0.326 e. The molecule has 0 fully saturated rings. The summed E-state index contributed by atoms with van der Waals surface area (Å²) in [5.74, 6) is 0.837. The van der Waals surface area contributed by atoms with Crippen LogP contribution in [-0.2, 0) is 11.3 Å². The van der Waals surface area contributed by atoms with Crippen molar-refractivity contribution in [3.05, 3.63) is 39.5 Å². The molecule has 0 aliphatic carbocycles. The Kier molecular flexibility index (Phi) is 7.54. The molecule has 0 saturated carbocycles. The average Bonchev–Trinajstić information content (AvgIpc) is 2.39. The highest BCUT2D eigenvalue weighted by atomic mass is 32.2. The zero-order valence-corrected chi connectivity index (χ0v) is 13.3. The summed E-state index contributed by atoms with van der Waals surface area (Å²) in [5.41, 5.74) is 0.455. The van der Waals surface area contributed by atoms with Crippen molar-refractivity contribution in [3.63, 3.8) is 0 Å². The number of aromatic nitrogens is 2. The molecule has 1 rings (SSSR count). The first-order valence-electron chi connectivity index (χ1n) is 6.63. The smallest absolute Gasteiger partial charge is 0.301 e. The molecule has 20 heavy (non-hydrogen) atoms. The number of thioether (sulfide) groups is 1. The highest BCUT2D eigenvalue weighted by Gasteiger charge is 2.02. The van der Waals surface area contributed by atoms with Crippen molar-refractivity contribution in [1.29, 1.82) is 0 Å². The highest BCUT2D eigenvalue weighted by Crippen LogP contribution is 2.12. The van der Waals surface area contributed by atoms with E-state index in [1.165, 1.54) is 11.8 Å². The van der Waals surface area contributed by atoms with Crippen LogP contribution in [0.25, 0.3) is 0 Å². The van der Waals surface area contributed by atoms with Gasteiger partial charge in [0.1, 0.15) is 4.64 Å². The number of carbonyl (C=O) groups is 1. The molecule has 0 amide bonds. The van der Waals surface area contributed by atoms with Crippen molar-refractivity contribution in [2.45, 2.75) is 39.2 Å². The summed E-state index contributed by atoms with van der Waals surface area (Å²) in [6, 6.07) is 1.72. The molecule has 0 aliphatic heterocycles. The maximum atomic E-state index is 11.5. The lowest BCUT2D eigenvalue weighted by atomic mass is 10.2. The lowest BCUT2D eigenvalue weighted by Gasteiger charge is -2.04. The zero-order chi connectivity index (χ0) is 15.0. The Bertz CT molecular complexity index is 575. The van der Waals surface area contributed by atoms with E-state index in [2.05, 4.69) is 11.6 Å². The molecule has 4 nitrogen and oxygen atoms in total. The van der Waals surface area contributed by atoms with Gasteiger partial charge in [-0.2, -0.15) is 0 Å². The van der Waals surface area contributed by atoms with E-state index in [9.17, 15) is 9.59 Å². The van der Waals surface area contributed by atoms with Crippen LogP contribution in [0.4, 0.5) is 0 Å². The van der Waals surface area contributed by atoms with Gasteiger partial charge in [0.25, 0.3) is 0 Å². The normalized spacial score (nSPS) is 10.4. The number of hydrogen-bond acceptors (Lipinski definition) is 4. The molecule has 6 heteroatoms. The first-order valence-corrected chi connectivity index (χ1v) is 8.02. The van der Waals surface area contributed by atoms with Gasteiger partial charge < -0.3 is 4.57 Å². The molecule has 0 saturated heterocycles. The number of aryl methyl sites for hydroxylation is 1. The van der Waals surface area contributed by atoms with Gasteiger partial charge in [0.2, 0.25) is 5.12 Å². The number of rotatable bonds is 8. The number of hydrogen-bond donors (Lipinski definition) is 1. The van der Waals surface area contributed by atoms with Gasteiger partial charge >= 0.3 is 5.69 Å². The maximum Gasteiger partial charge on any atom is 0.326 e. The Hall–Kier alpha value is -1.14. The summed E-state index contributed by atoms with van der Waals surface area (Å²) in [6.45, 7) is 6.05. The van der Waals surface area contributed by atoms with Crippen molar-refractivity contribution < 1.29 is 4.79 Å². The summed E-state index contributed by atoms with van der Waals surface area (Å²) in [4.78, 5) is 25.4. The van der Waals surface area contributed by atoms with Crippen LogP contribution in [0.2, 0.25) is 0 Å². The minimum Gasteiger partial charge on any atom is -0.301 e. The Morgan fingerprint density at radius 3 is 2.75 bits per heavy atom. The zero-order valence-electron chi connectivity index (χ0n) is 11.7. The van der Waals surface area contributed by atoms with E-state index in [4.69, 9.17) is 12.2 Å². The van der Waals surface area contributed by atoms with E-state index in [0.717, 1.165) is 31.4 Å². The van der Waals surface area contributed by atoms with Crippen molar-refractivity contribution in [3.8, 4) is 0 Å². The minimum atomic E-state index is -0.153. The summed E-state index contributed by atoms with van der Waals surface area (Å²) >= 11 is 6.21. The molecule has 0 spiro atoms. The Balaban J connectivity index is 2.13. The van der Waals surface area contributed by atoms with Crippen LogP contribution in [0.5, 0.6) is 0 Å². The van der Waals surface area contributed by atoms with Gasteiger partial charge in [0.05, 0.1) is 0 Å². The van der Waals surface area contributed by atoms with Crippen molar-refractivity contribution in [1.82, 2.24) is 9.55 Å². The van der Waals surface area contributed by atoms with Gasteiger partial charge in [-0.15, -0.1) is 0 Å². The van der Waals surface area contributed by atoms with Crippen LogP contribution in [-0.4, -0.2) is 20.4 Å². The number of unbranched alkanes of at least 4 members (excludes halogenated alkanes) is 3. The third-order valence-electron chi connectivity index (χ3n) is 2.77. The lowest BCUT2D eigenvalue weighted by Crippen LogP contribution is -2.22. The Morgan fingerprint density at radius 2 is 2.10 bits per heavy atom. The third-order valence-corrected chi connectivity index (χ3v) is 4.11.